The summed E-state index contributed by atoms with van der Waals surface area (Å²) in [5.74, 6) is 10.4. The molecule has 2 rings (SSSR count). The fraction of sp³-hybridized carbons (Fsp3) is 0.375. The molecule has 1 unspecified atom stereocenters. The number of aliphatic carboxylic acids is 1. The lowest BCUT2D eigenvalue weighted by Crippen LogP contribution is -2.30. The van der Waals surface area contributed by atoms with Crippen molar-refractivity contribution in [2.24, 2.45) is 16.8 Å². The first-order chi connectivity index (χ1) is 11.8. The first-order valence-corrected chi connectivity index (χ1v) is 7.75. The van der Waals surface area contributed by atoms with Crippen LogP contribution in [0.4, 0.5) is 0 Å². The number of carboxylic acid groups (broad SMARTS) is 1. The normalized spacial score (nSPS) is 17.2. The lowest BCUT2D eigenvalue weighted by atomic mass is 10.1. The van der Waals surface area contributed by atoms with E-state index in [9.17, 15) is 14.7 Å². The first-order valence-electron chi connectivity index (χ1n) is 7.75. The number of carboxylic acids is 1. The van der Waals surface area contributed by atoms with Gasteiger partial charge in [0, 0.05) is 23.8 Å². The van der Waals surface area contributed by atoms with Crippen LogP contribution in [0, 0.1) is 0 Å². The molecule has 2 heterocycles. The summed E-state index contributed by atoms with van der Waals surface area (Å²) in [6.07, 6.45) is 3.87. The van der Waals surface area contributed by atoms with Crippen molar-refractivity contribution in [2.45, 2.75) is 39.7 Å². The van der Waals surface area contributed by atoms with E-state index in [0.717, 1.165) is 5.57 Å². The number of aryl methyl sites for hydroxylation is 1. The molecule has 5 N–H and O–H groups in total. The number of hydrazine groups is 1. The molecule has 1 aliphatic rings. The zero-order valence-electron chi connectivity index (χ0n) is 14.4. The summed E-state index contributed by atoms with van der Waals surface area (Å²) in [4.78, 5) is 28.3. The van der Waals surface area contributed by atoms with Crippen LogP contribution in [0.1, 0.15) is 44.8 Å². The molecule has 9 nitrogen and oxygen atoms in total. The van der Waals surface area contributed by atoms with E-state index in [1.54, 1.807) is 6.92 Å². The molecular weight excluding hydrogens is 324 g/mol. The van der Waals surface area contributed by atoms with Crippen LogP contribution in [-0.4, -0.2) is 32.0 Å². The molecule has 0 radical (unpaired) electrons. The Balaban J connectivity index is 2.64. The highest BCUT2D eigenvalue weighted by Gasteiger charge is 2.30. The van der Waals surface area contributed by atoms with Crippen molar-refractivity contribution in [3.05, 3.63) is 45.3 Å². The average molecular weight is 346 g/mol. The minimum atomic E-state index is -1.03. The Labute approximate surface area is 144 Å². The van der Waals surface area contributed by atoms with E-state index < -0.39 is 17.6 Å². The Kier molecular flexibility index (Phi) is 5.38. The maximum absolute atomic E-state index is 12.5. The Morgan fingerprint density at radius 2 is 2.16 bits per heavy atom. The highest BCUT2D eigenvalue weighted by molar-refractivity contribution is 5.77. The molecule has 1 aliphatic heterocycles. The van der Waals surface area contributed by atoms with Gasteiger partial charge in [0.2, 0.25) is 0 Å². The van der Waals surface area contributed by atoms with Gasteiger partial charge in [-0.15, -0.1) is 0 Å². The third-order valence-corrected chi connectivity index (χ3v) is 3.94. The zero-order valence-corrected chi connectivity index (χ0v) is 14.4. The molecule has 1 atom stereocenters. The summed E-state index contributed by atoms with van der Waals surface area (Å²) in [5, 5.41) is 13.9. The van der Waals surface area contributed by atoms with Gasteiger partial charge >= 0.3 is 5.97 Å². The predicted octanol–water partition coefficient (Wildman–Crippen LogP) is 0.590. The quantitative estimate of drug-likeness (QED) is 0.233. The molecule has 0 aliphatic carbocycles. The molecule has 0 spiro atoms. The van der Waals surface area contributed by atoms with Gasteiger partial charge in [-0.05, 0) is 27.2 Å². The highest BCUT2D eigenvalue weighted by Crippen LogP contribution is 2.26. The van der Waals surface area contributed by atoms with Crippen molar-refractivity contribution >= 4 is 17.9 Å². The average Bonchev–Trinajstić information content (AvgIpc) is 2.96. The molecular formula is C16H22N6O3. The van der Waals surface area contributed by atoms with Gasteiger partial charge in [0.05, 0.1) is 5.69 Å². The number of hydrogen-bond donors (Lipinski definition) is 3. The molecule has 1 aromatic rings. The number of aromatic nitrogens is 2. The van der Waals surface area contributed by atoms with Gasteiger partial charge in [0.15, 0.2) is 0 Å². The SMILES string of the molecule is CC(C)=C/C(=C(\C)N(N)/C=N\N)c1cc(=O)n2c(n1)CCC2C(=O)O. The number of hydrogen-bond acceptors (Lipinski definition) is 6. The van der Waals surface area contributed by atoms with Crippen molar-refractivity contribution in [1.29, 1.82) is 0 Å². The number of carbonyl (C=O) groups is 1. The summed E-state index contributed by atoms with van der Waals surface area (Å²) in [7, 11) is 0. The van der Waals surface area contributed by atoms with E-state index in [0.29, 0.717) is 35.6 Å². The van der Waals surface area contributed by atoms with Crippen LogP contribution in [0.15, 0.2) is 33.3 Å². The monoisotopic (exact) mass is 346 g/mol. The number of nitrogens with zero attached hydrogens (tertiary/aromatic N) is 4. The van der Waals surface area contributed by atoms with Crippen molar-refractivity contribution in [1.82, 2.24) is 14.6 Å². The minimum Gasteiger partial charge on any atom is -0.480 e. The third kappa shape index (κ3) is 3.77. The molecule has 0 aromatic carbocycles. The van der Waals surface area contributed by atoms with E-state index in [1.807, 2.05) is 19.9 Å². The molecule has 9 heteroatoms. The Morgan fingerprint density at radius 3 is 2.72 bits per heavy atom. The van der Waals surface area contributed by atoms with Gasteiger partial charge in [-0.2, -0.15) is 5.10 Å². The van der Waals surface area contributed by atoms with Crippen LogP contribution in [0.5, 0.6) is 0 Å². The van der Waals surface area contributed by atoms with Gasteiger partial charge in [-0.3, -0.25) is 14.4 Å². The molecule has 134 valence electrons. The summed E-state index contributed by atoms with van der Waals surface area (Å²) in [5.41, 5.74) is 2.26. The van der Waals surface area contributed by atoms with E-state index >= 15 is 0 Å². The van der Waals surface area contributed by atoms with Crippen molar-refractivity contribution in [3.8, 4) is 0 Å². The lowest BCUT2D eigenvalue weighted by Gasteiger charge is -2.17. The Hall–Kier alpha value is -2.94. The second-order valence-electron chi connectivity index (χ2n) is 6.05. The van der Waals surface area contributed by atoms with Crippen LogP contribution in [0.3, 0.4) is 0 Å². The maximum Gasteiger partial charge on any atom is 0.326 e. The number of rotatable bonds is 5. The third-order valence-electron chi connectivity index (χ3n) is 3.94. The van der Waals surface area contributed by atoms with Crippen molar-refractivity contribution in [3.63, 3.8) is 0 Å². The van der Waals surface area contributed by atoms with Gasteiger partial charge < -0.3 is 10.9 Å². The molecule has 0 fully saturated rings. The van der Waals surface area contributed by atoms with Crippen LogP contribution in [-0.2, 0) is 11.2 Å². The first kappa shape index (κ1) is 18.4. The summed E-state index contributed by atoms with van der Waals surface area (Å²) >= 11 is 0. The molecule has 0 bridgehead atoms. The summed E-state index contributed by atoms with van der Waals surface area (Å²) < 4.78 is 1.24. The second-order valence-corrected chi connectivity index (χ2v) is 6.05. The van der Waals surface area contributed by atoms with E-state index in [-0.39, 0.29) is 0 Å². The summed E-state index contributed by atoms with van der Waals surface area (Å²) in [6, 6.07) is 0.465. The number of allylic oxidation sites excluding steroid dienone is 4. The van der Waals surface area contributed by atoms with Gasteiger partial charge in [0.25, 0.3) is 5.56 Å². The van der Waals surface area contributed by atoms with Crippen LogP contribution in [0.25, 0.3) is 5.57 Å². The van der Waals surface area contributed by atoms with E-state index in [1.165, 1.54) is 22.0 Å². The molecule has 0 amide bonds. The molecule has 1 aromatic heterocycles. The minimum absolute atomic E-state index is 0.352. The molecule has 0 saturated heterocycles. The Morgan fingerprint density at radius 1 is 1.48 bits per heavy atom. The molecule has 0 saturated carbocycles. The number of nitrogens with two attached hydrogens (primary N) is 2. The topological polar surface area (TPSA) is 140 Å². The fourth-order valence-corrected chi connectivity index (χ4v) is 2.77. The van der Waals surface area contributed by atoms with Gasteiger partial charge in [-0.25, -0.2) is 15.6 Å². The molecule has 25 heavy (non-hydrogen) atoms. The van der Waals surface area contributed by atoms with Crippen LogP contribution >= 0.6 is 0 Å². The number of hydrazone groups is 1. The zero-order chi connectivity index (χ0) is 18.7. The maximum atomic E-state index is 12.5. The smallest absolute Gasteiger partial charge is 0.326 e. The predicted molar refractivity (Wildman–Crippen MR) is 94.2 cm³/mol. The van der Waals surface area contributed by atoms with Gasteiger partial charge in [-0.1, -0.05) is 11.6 Å². The second kappa shape index (κ2) is 7.31. The van der Waals surface area contributed by atoms with Crippen molar-refractivity contribution < 1.29 is 9.90 Å². The van der Waals surface area contributed by atoms with Crippen molar-refractivity contribution in [2.75, 3.05) is 0 Å². The summed E-state index contributed by atoms with van der Waals surface area (Å²) in [6.45, 7) is 5.57. The lowest BCUT2D eigenvalue weighted by molar-refractivity contribution is -0.140. The van der Waals surface area contributed by atoms with Crippen LogP contribution < -0.4 is 17.2 Å². The number of fused-ring (bicyclic) bond motifs is 1. The highest BCUT2D eigenvalue weighted by atomic mass is 16.4. The standard InChI is InChI=1S/C16H22N6O3/c1-9(2)6-11(10(3)21(18)8-19-17)12-7-15(23)22-13(16(24)25)4-5-14(22)20-12/h6-8,13H,4-5,17-18H2,1-3H3,(H,24,25)/b11-10-,19-8-. The fourth-order valence-electron chi connectivity index (χ4n) is 2.77. The van der Waals surface area contributed by atoms with E-state index in [4.69, 9.17) is 11.7 Å². The largest absolute Gasteiger partial charge is 0.480 e. The van der Waals surface area contributed by atoms with E-state index in [2.05, 4.69) is 10.1 Å². The Bertz CT molecular complexity index is 833. The van der Waals surface area contributed by atoms with Crippen LogP contribution in [0.2, 0.25) is 0 Å². The van der Waals surface area contributed by atoms with Gasteiger partial charge in [0.1, 0.15) is 18.2 Å².